The van der Waals surface area contributed by atoms with Crippen LogP contribution in [0.5, 0.6) is 0 Å². The molecule has 0 saturated heterocycles. The molecule has 0 saturated carbocycles. The van der Waals surface area contributed by atoms with Crippen LogP contribution in [0.2, 0.25) is 0 Å². The molecule has 0 aromatic heterocycles. The Morgan fingerprint density at radius 3 is 1.24 bits per heavy atom. The molecule has 6 aromatic carbocycles. The molecule has 3 aliphatic rings. The van der Waals surface area contributed by atoms with Gasteiger partial charge >= 0.3 is 0 Å². The topological polar surface area (TPSA) is 103 Å². The number of hydrogen-bond donors (Lipinski definition) is 4. The molecule has 3 aliphatic carbocycles. The second-order valence-electron chi connectivity index (χ2n) is 16.1. The smallest absolute Gasteiger partial charge is 0.108 e. The van der Waals surface area contributed by atoms with Crippen molar-refractivity contribution in [1.29, 1.82) is 10.8 Å². The third-order valence-corrected chi connectivity index (χ3v) is 11.7. The summed E-state index contributed by atoms with van der Waals surface area (Å²) in [5, 5.41) is 25.0. The number of nitrogens with one attached hydrogen (secondary N) is 4. The largest absolute Gasteiger partial charge is 0.311 e. The Morgan fingerprint density at radius 1 is 0.471 bits per heavy atom. The highest BCUT2D eigenvalue weighted by molar-refractivity contribution is 6.50. The molecule has 4 N–H and O–H groups in total. The Kier molecular flexibility index (Phi) is 13.5. The molecule has 0 heterocycles. The van der Waals surface area contributed by atoms with Gasteiger partial charge in [-0.05, 0) is 162 Å². The van der Waals surface area contributed by atoms with E-state index in [4.69, 9.17) is 10.8 Å². The van der Waals surface area contributed by atoms with Crippen LogP contribution in [-0.2, 0) is 0 Å². The number of allylic oxidation sites excluding steroid dienone is 14. The highest BCUT2D eigenvalue weighted by Crippen LogP contribution is 2.36. The Balaban J connectivity index is 0.870. The summed E-state index contributed by atoms with van der Waals surface area (Å²) in [6.07, 6.45) is 28.8. The highest BCUT2D eigenvalue weighted by Gasteiger charge is 2.16. The first-order valence-electron chi connectivity index (χ1n) is 22.5. The lowest BCUT2D eigenvalue weighted by Gasteiger charge is -2.28. The molecule has 8 heteroatoms. The third kappa shape index (κ3) is 10.2. The quantitative estimate of drug-likeness (QED) is 0.0468. The van der Waals surface area contributed by atoms with Gasteiger partial charge in [0.25, 0.3) is 0 Å². The van der Waals surface area contributed by atoms with Crippen molar-refractivity contribution in [2.45, 2.75) is 12.8 Å². The molecule has 0 bridgehead atoms. The fraction of sp³-hybridized carbons (Fsp3) is 0.0333. The van der Waals surface area contributed by atoms with Crippen molar-refractivity contribution in [3.8, 4) is 33.4 Å². The number of hydrazone groups is 2. The lowest BCUT2D eigenvalue weighted by molar-refractivity contribution is 0.997. The Hall–Kier alpha value is -9.14. The van der Waals surface area contributed by atoms with Crippen molar-refractivity contribution < 1.29 is 0 Å². The predicted octanol–water partition coefficient (Wildman–Crippen LogP) is 15.3. The van der Waals surface area contributed by atoms with E-state index < -0.39 is 0 Å². The average molecular weight is 883 g/mol. The van der Waals surface area contributed by atoms with Gasteiger partial charge in [0.2, 0.25) is 0 Å². The Bertz CT molecular complexity index is 3120. The maximum Gasteiger partial charge on any atom is 0.108 e. The van der Waals surface area contributed by atoms with Gasteiger partial charge in [-0.15, -0.1) is 0 Å². The van der Waals surface area contributed by atoms with Crippen molar-refractivity contribution in [3.63, 3.8) is 0 Å². The second-order valence-corrected chi connectivity index (χ2v) is 16.1. The summed E-state index contributed by atoms with van der Waals surface area (Å²) in [5.74, 6) is 0. The minimum Gasteiger partial charge on any atom is -0.311 e. The van der Waals surface area contributed by atoms with Gasteiger partial charge in [-0.3, -0.25) is 21.7 Å². The van der Waals surface area contributed by atoms with Crippen LogP contribution in [0, 0.1) is 10.8 Å². The van der Waals surface area contributed by atoms with Gasteiger partial charge in [-0.2, -0.15) is 10.2 Å². The minimum absolute atomic E-state index is 0.363. The van der Waals surface area contributed by atoms with E-state index in [1.807, 2.05) is 85.0 Å². The standard InChI is InChI=1S/C60H50N8/c1-3-12-51(4-2)67(55-39-31-49(32-40-55)63-65-59-17-10-8-15-57(59)61)53-35-27-47(28-36-53)45-23-19-43(20-24-45)44-21-25-46(26-22-44)48-29-37-54(38-30-48)68(52-13-6-5-7-14-52)56-41-33-50(34-42-56)64-66-60-18-11-9-16-58(60)62/h3-4,6,8-42,61-64H,1-2,5,7H2/b51-12+,61-57?,62-58?,65-59-,66-60-. The number of rotatable bonds is 15. The van der Waals surface area contributed by atoms with Gasteiger partial charge in [0.1, 0.15) is 11.4 Å². The first-order valence-corrected chi connectivity index (χ1v) is 22.5. The van der Waals surface area contributed by atoms with E-state index in [0.29, 0.717) is 22.8 Å². The van der Waals surface area contributed by atoms with Crippen molar-refractivity contribution >= 4 is 57.0 Å². The van der Waals surface area contributed by atoms with Gasteiger partial charge in [-0.1, -0.05) is 128 Å². The van der Waals surface area contributed by atoms with Gasteiger partial charge in [0.05, 0.1) is 22.8 Å². The first kappa shape index (κ1) is 44.1. The molecule has 0 aliphatic heterocycles. The van der Waals surface area contributed by atoms with E-state index in [1.165, 1.54) is 0 Å². The average Bonchev–Trinajstić information content (AvgIpc) is 3.40. The van der Waals surface area contributed by atoms with Crippen molar-refractivity contribution in [2.24, 2.45) is 10.2 Å². The summed E-state index contributed by atoms with van der Waals surface area (Å²) in [6.45, 7) is 8.03. The lowest BCUT2D eigenvalue weighted by Crippen LogP contribution is -2.16. The van der Waals surface area contributed by atoms with Gasteiger partial charge < -0.3 is 9.80 Å². The zero-order valence-corrected chi connectivity index (χ0v) is 37.6. The Morgan fingerprint density at radius 2 is 0.853 bits per heavy atom. The SMILES string of the molecule is C=C/C=C(\C=C)N(c1ccc(N/N=C2/C=CC=CC2=N)cc1)c1ccc(-c2ccc(-c3ccc(-c4ccc(N(C5=CCCC=C5)c5ccc(N/N=C6/C=CC=CC6=N)cc5)cc4)cc3)cc2)cc1. The molecule has 0 atom stereocenters. The van der Waals surface area contributed by atoms with E-state index in [0.717, 1.165) is 91.7 Å². The minimum atomic E-state index is 0.363. The molecule has 0 radical (unpaired) electrons. The normalized spacial score (nSPS) is 15.4. The summed E-state index contributed by atoms with van der Waals surface area (Å²) in [6, 6.07) is 51.0. The molecular formula is C60H50N8. The number of anilines is 6. The third-order valence-electron chi connectivity index (χ3n) is 11.7. The summed E-state index contributed by atoms with van der Waals surface area (Å²) in [7, 11) is 0. The van der Waals surface area contributed by atoms with Crippen molar-refractivity contribution in [3.05, 3.63) is 255 Å². The summed E-state index contributed by atoms with van der Waals surface area (Å²) in [4.78, 5) is 4.43. The monoisotopic (exact) mass is 882 g/mol. The van der Waals surface area contributed by atoms with E-state index >= 15 is 0 Å². The zero-order chi connectivity index (χ0) is 46.7. The van der Waals surface area contributed by atoms with E-state index in [9.17, 15) is 0 Å². The first-order chi connectivity index (χ1) is 33.4. The second kappa shape index (κ2) is 20.8. The van der Waals surface area contributed by atoms with E-state index in [-0.39, 0.29) is 0 Å². The van der Waals surface area contributed by atoms with Crippen LogP contribution in [-0.4, -0.2) is 22.8 Å². The summed E-state index contributed by atoms with van der Waals surface area (Å²) in [5.41, 5.74) is 22.7. The molecule has 330 valence electrons. The van der Waals surface area contributed by atoms with Crippen LogP contribution in [0.3, 0.4) is 0 Å². The predicted molar refractivity (Wildman–Crippen MR) is 289 cm³/mol. The fourth-order valence-corrected chi connectivity index (χ4v) is 8.09. The maximum absolute atomic E-state index is 8.09. The molecule has 0 amide bonds. The molecule has 68 heavy (non-hydrogen) atoms. The highest BCUT2D eigenvalue weighted by atomic mass is 15.3. The summed E-state index contributed by atoms with van der Waals surface area (Å²) < 4.78 is 0. The van der Waals surface area contributed by atoms with Crippen molar-refractivity contribution in [1.82, 2.24) is 0 Å². The van der Waals surface area contributed by atoms with Crippen LogP contribution in [0.4, 0.5) is 34.1 Å². The van der Waals surface area contributed by atoms with Crippen LogP contribution in [0.15, 0.2) is 265 Å². The van der Waals surface area contributed by atoms with Crippen LogP contribution in [0.1, 0.15) is 12.8 Å². The number of benzene rings is 6. The van der Waals surface area contributed by atoms with Crippen molar-refractivity contribution in [2.75, 3.05) is 20.7 Å². The zero-order valence-electron chi connectivity index (χ0n) is 37.6. The summed E-state index contributed by atoms with van der Waals surface area (Å²) >= 11 is 0. The van der Waals surface area contributed by atoms with Crippen LogP contribution in [0.25, 0.3) is 33.4 Å². The molecule has 0 spiro atoms. The Labute approximate surface area is 398 Å². The molecular weight excluding hydrogens is 833 g/mol. The molecule has 0 unspecified atom stereocenters. The van der Waals surface area contributed by atoms with Gasteiger partial charge in [0.15, 0.2) is 0 Å². The lowest BCUT2D eigenvalue weighted by atomic mass is 9.97. The van der Waals surface area contributed by atoms with E-state index in [2.05, 4.69) is 171 Å². The maximum atomic E-state index is 8.09. The number of nitrogens with zero attached hydrogens (tertiary/aromatic N) is 4. The molecule has 0 fully saturated rings. The van der Waals surface area contributed by atoms with Crippen LogP contribution < -0.4 is 20.7 Å². The van der Waals surface area contributed by atoms with E-state index in [1.54, 1.807) is 18.2 Å². The van der Waals surface area contributed by atoms with Crippen LogP contribution >= 0.6 is 0 Å². The molecule has 9 rings (SSSR count). The number of hydrogen-bond acceptors (Lipinski definition) is 8. The molecule has 8 nitrogen and oxygen atoms in total. The van der Waals surface area contributed by atoms with Gasteiger partial charge in [0, 0.05) is 34.1 Å². The molecule has 6 aromatic rings. The fourth-order valence-electron chi connectivity index (χ4n) is 8.09. The van der Waals surface area contributed by atoms with Gasteiger partial charge in [-0.25, -0.2) is 0 Å².